The standard InChI is InChI=1S/C19H26O2.C2H6/c1-18-9-7-13(20)11-12(18)3-4-14-15-5-6-17(21)19(15,2)10-8-16(14)18;1-2/h11,14-16H,3-10H2,1-2H3;1-2H3. The van der Waals surface area contributed by atoms with Crippen LogP contribution in [0.2, 0.25) is 0 Å². The molecule has 4 aliphatic carbocycles. The van der Waals surface area contributed by atoms with Crippen LogP contribution in [0.4, 0.5) is 0 Å². The minimum Gasteiger partial charge on any atom is -0.299 e. The monoisotopic (exact) mass is 316 g/mol. The number of Topliss-reactive ketones (excluding diaryl/α,β-unsaturated/α-hetero) is 1. The van der Waals surface area contributed by atoms with E-state index < -0.39 is 0 Å². The van der Waals surface area contributed by atoms with Crippen molar-refractivity contribution in [3.8, 4) is 0 Å². The molecule has 0 aromatic heterocycles. The smallest absolute Gasteiger partial charge is 0.155 e. The molecule has 0 bridgehead atoms. The fourth-order valence-corrected chi connectivity index (χ4v) is 6.33. The van der Waals surface area contributed by atoms with Gasteiger partial charge in [-0.1, -0.05) is 33.3 Å². The maximum Gasteiger partial charge on any atom is 0.155 e. The zero-order valence-corrected chi connectivity index (χ0v) is 15.3. The van der Waals surface area contributed by atoms with E-state index in [4.69, 9.17) is 0 Å². The van der Waals surface area contributed by atoms with Crippen molar-refractivity contribution in [3.05, 3.63) is 11.6 Å². The molecule has 0 radical (unpaired) electrons. The molecule has 0 amide bonds. The molecule has 5 atom stereocenters. The van der Waals surface area contributed by atoms with Crippen LogP contribution in [-0.2, 0) is 9.59 Å². The number of carbonyl (C=O) groups is 2. The number of hydrogen-bond acceptors (Lipinski definition) is 2. The molecule has 0 aromatic rings. The summed E-state index contributed by atoms with van der Waals surface area (Å²) in [6.07, 6.45) is 10.2. The van der Waals surface area contributed by atoms with Gasteiger partial charge < -0.3 is 0 Å². The summed E-state index contributed by atoms with van der Waals surface area (Å²) in [5.41, 5.74) is 1.64. The van der Waals surface area contributed by atoms with Crippen LogP contribution < -0.4 is 0 Å². The zero-order chi connectivity index (χ0) is 16.8. The first-order valence-corrected chi connectivity index (χ1v) is 9.72. The summed E-state index contributed by atoms with van der Waals surface area (Å²) < 4.78 is 0. The van der Waals surface area contributed by atoms with Crippen molar-refractivity contribution in [1.82, 2.24) is 0 Å². The van der Waals surface area contributed by atoms with E-state index >= 15 is 0 Å². The molecule has 3 fully saturated rings. The van der Waals surface area contributed by atoms with E-state index in [-0.39, 0.29) is 10.8 Å². The lowest BCUT2D eigenvalue weighted by molar-refractivity contribution is -0.132. The molecule has 2 nitrogen and oxygen atoms in total. The average molecular weight is 316 g/mol. The van der Waals surface area contributed by atoms with Crippen LogP contribution in [-0.4, -0.2) is 11.6 Å². The highest BCUT2D eigenvalue weighted by Gasteiger charge is 2.58. The predicted molar refractivity (Wildman–Crippen MR) is 93.1 cm³/mol. The van der Waals surface area contributed by atoms with Crippen molar-refractivity contribution in [3.63, 3.8) is 0 Å². The van der Waals surface area contributed by atoms with Crippen LogP contribution in [0.1, 0.15) is 79.1 Å². The number of rotatable bonds is 0. The van der Waals surface area contributed by atoms with Gasteiger partial charge in [0.1, 0.15) is 5.78 Å². The largest absolute Gasteiger partial charge is 0.299 e. The van der Waals surface area contributed by atoms with E-state index in [0.29, 0.717) is 29.3 Å². The third-order valence-electron chi connectivity index (χ3n) is 7.67. The van der Waals surface area contributed by atoms with Gasteiger partial charge in [-0.2, -0.15) is 0 Å². The number of hydrogen-bond donors (Lipinski definition) is 0. The first-order valence-electron chi connectivity index (χ1n) is 9.72. The summed E-state index contributed by atoms with van der Waals surface area (Å²) in [5.74, 6) is 2.88. The molecule has 0 spiro atoms. The summed E-state index contributed by atoms with van der Waals surface area (Å²) in [7, 11) is 0. The predicted octanol–water partition coefficient (Wildman–Crippen LogP) is 5.11. The molecular weight excluding hydrogens is 284 g/mol. The molecule has 0 saturated heterocycles. The Morgan fingerprint density at radius 1 is 0.870 bits per heavy atom. The van der Waals surface area contributed by atoms with Crippen LogP contribution in [0.3, 0.4) is 0 Å². The summed E-state index contributed by atoms with van der Waals surface area (Å²) >= 11 is 0. The van der Waals surface area contributed by atoms with Gasteiger partial charge in [0.05, 0.1) is 0 Å². The molecule has 2 heteroatoms. The van der Waals surface area contributed by atoms with Crippen LogP contribution >= 0.6 is 0 Å². The molecule has 0 aromatic carbocycles. The molecule has 0 aliphatic heterocycles. The van der Waals surface area contributed by atoms with Gasteiger partial charge in [0.2, 0.25) is 0 Å². The van der Waals surface area contributed by atoms with Gasteiger partial charge in [-0.05, 0) is 67.8 Å². The van der Waals surface area contributed by atoms with Crippen molar-refractivity contribution in [1.29, 1.82) is 0 Å². The van der Waals surface area contributed by atoms with Gasteiger partial charge in [0.25, 0.3) is 0 Å². The lowest BCUT2D eigenvalue weighted by atomic mass is 9.47. The second-order valence-electron chi connectivity index (χ2n) is 8.39. The quantitative estimate of drug-likeness (QED) is 0.622. The van der Waals surface area contributed by atoms with E-state index in [9.17, 15) is 9.59 Å². The number of fused-ring (bicyclic) bond motifs is 5. The fraction of sp³-hybridized carbons (Fsp3) is 0.810. The summed E-state index contributed by atoms with van der Waals surface area (Å²) in [6.45, 7) is 8.64. The Morgan fingerprint density at radius 2 is 1.57 bits per heavy atom. The molecule has 5 unspecified atom stereocenters. The highest BCUT2D eigenvalue weighted by molar-refractivity contribution is 5.91. The van der Waals surface area contributed by atoms with E-state index in [1.54, 1.807) is 0 Å². The van der Waals surface area contributed by atoms with Crippen molar-refractivity contribution in [2.75, 3.05) is 0 Å². The van der Waals surface area contributed by atoms with Crippen LogP contribution in [0.15, 0.2) is 11.6 Å². The van der Waals surface area contributed by atoms with Crippen LogP contribution in [0.25, 0.3) is 0 Å². The normalized spacial score (nSPS) is 45.2. The Labute approximate surface area is 141 Å². The lowest BCUT2D eigenvalue weighted by Crippen LogP contribution is -2.50. The highest BCUT2D eigenvalue weighted by Crippen LogP contribution is 2.64. The van der Waals surface area contributed by atoms with Gasteiger partial charge in [-0.15, -0.1) is 0 Å². The van der Waals surface area contributed by atoms with Crippen LogP contribution in [0.5, 0.6) is 0 Å². The highest BCUT2D eigenvalue weighted by atomic mass is 16.1. The van der Waals surface area contributed by atoms with E-state index in [0.717, 1.165) is 38.5 Å². The van der Waals surface area contributed by atoms with Crippen molar-refractivity contribution < 1.29 is 9.59 Å². The molecule has 0 N–H and O–H groups in total. The third kappa shape index (κ3) is 2.36. The van der Waals surface area contributed by atoms with Gasteiger partial charge >= 0.3 is 0 Å². The molecule has 0 heterocycles. The number of carbonyl (C=O) groups excluding carboxylic acids is 2. The van der Waals surface area contributed by atoms with Crippen LogP contribution in [0, 0.1) is 28.6 Å². The minimum absolute atomic E-state index is 0.0246. The first kappa shape index (κ1) is 16.9. The Kier molecular flexibility index (Phi) is 4.31. The second-order valence-corrected chi connectivity index (χ2v) is 8.39. The van der Waals surface area contributed by atoms with Gasteiger partial charge in [-0.25, -0.2) is 0 Å². The topological polar surface area (TPSA) is 34.1 Å². The summed E-state index contributed by atoms with van der Waals surface area (Å²) in [6, 6.07) is 0. The van der Waals surface area contributed by atoms with Gasteiger partial charge in [0.15, 0.2) is 5.78 Å². The van der Waals surface area contributed by atoms with Crippen molar-refractivity contribution in [2.45, 2.75) is 79.1 Å². The number of allylic oxidation sites excluding steroid dienone is 1. The minimum atomic E-state index is -0.0246. The van der Waals surface area contributed by atoms with E-state index in [1.165, 1.54) is 18.4 Å². The molecule has 128 valence electrons. The zero-order valence-electron chi connectivity index (χ0n) is 15.3. The van der Waals surface area contributed by atoms with E-state index in [2.05, 4.69) is 13.8 Å². The fourth-order valence-electron chi connectivity index (χ4n) is 6.33. The summed E-state index contributed by atoms with van der Waals surface area (Å²) in [5, 5.41) is 0. The number of ketones is 2. The van der Waals surface area contributed by atoms with E-state index in [1.807, 2.05) is 19.9 Å². The van der Waals surface area contributed by atoms with Gasteiger partial charge in [-0.3, -0.25) is 9.59 Å². The molecular formula is C21H32O2. The maximum atomic E-state index is 12.4. The first-order chi connectivity index (χ1) is 10.9. The van der Waals surface area contributed by atoms with Crippen molar-refractivity contribution >= 4 is 11.6 Å². The molecule has 3 saturated carbocycles. The maximum absolute atomic E-state index is 12.4. The van der Waals surface area contributed by atoms with Gasteiger partial charge in [0, 0.05) is 18.3 Å². The third-order valence-corrected chi connectivity index (χ3v) is 7.67. The SMILES string of the molecule is CC.CC12CCC3C(CCC4=CC(=O)CCC43C)C1CCC2=O. The molecule has 4 aliphatic rings. The Morgan fingerprint density at radius 3 is 2.30 bits per heavy atom. The summed E-state index contributed by atoms with van der Waals surface area (Å²) in [4.78, 5) is 24.1. The molecule has 23 heavy (non-hydrogen) atoms. The Bertz CT molecular complexity index is 546. The second kappa shape index (κ2) is 5.86. The Hall–Kier alpha value is -0.920. The Balaban J connectivity index is 0.000000753. The van der Waals surface area contributed by atoms with Crippen molar-refractivity contribution in [2.24, 2.45) is 28.6 Å². The lowest BCUT2D eigenvalue weighted by Gasteiger charge is -2.56. The molecule has 4 rings (SSSR count). The average Bonchev–Trinajstić information content (AvgIpc) is 2.86.